The summed E-state index contributed by atoms with van der Waals surface area (Å²) in [7, 11) is 1.63. The lowest BCUT2D eigenvalue weighted by atomic mass is 10.2. The maximum Gasteiger partial charge on any atom is 0.350 e. The molecule has 2 aromatic rings. The van der Waals surface area contributed by atoms with Crippen LogP contribution in [0, 0.1) is 17.0 Å². The van der Waals surface area contributed by atoms with Crippen LogP contribution in [0.3, 0.4) is 0 Å². The van der Waals surface area contributed by atoms with Crippen LogP contribution in [0.15, 0.2) is 29.3 Å². The molecular weight excluding hydrogens is 382 g/mol. The number of rotatable bonds is 7. The van der Waals surface area contributed by atoms with Gasteiger partial charge >= 0.3 is 5.97 Å². The fraction of sp³-hybridized carbons (Fsp3) is 0.389. The number of nitrogens with zero attached hydrogens (tertiary/aromatic N) is 3. The molecule has 1 aromatic heterocycles. The lowest BCUT2D eigenvalue weighted by Crippen LogP contribution is -2.38. The van der Waals surface area contributed by atoms with E-state index in [9.17, 15) is 14.9 Å². The predicted molar refractivity (Wildman–Crippen MR) is 108 cm³/mol. The van der Waals surface area contributed by atoms with Gasteiger partial charge in [0.2, 0.25) is 0 Å². The van der Waals surface area contributed by atoms with Crippen LogP contribution in [-0.4, -0.2) is 35.5 Å². The first-order valence-corrected chi connectivity index (χ1v) is 9.52. The Balaban J connectivity index is 2.01. The number of aryl methyl sites for hydroxylation is 1. The minimum absolute atomic E-state index is 0.0420. The summed E-state index contributed by atoms with van der Waals surface area (Å²) in [6.07, 6.45) is 0. The van der Waals surface area contributed by atoms with Crippen LogP contribution in [-0.2, 0) is 11.3 Å². The van der Waals surface area contributed by atoms with Gasteiger partial charge in [0.15, 0.2) is 5.96 Å². The predicted octanol–water partition coefficient (Wildman–Crippen LogP) is 2.96. The summed E-state index contributed by atoms with van der Waals surface area (Å²) in [6.45, 7) is 6.13. The van der Waals surface area contributed by atoms with E-state index in [1.807, 2.05) is 6.92 Å². The number of carbonyl (C=O) groups excluding carboxylic acids is 1. The highest BCUT2D eigenvalue weighted by molar-refractivity contribution is 7.13. The normalized spacial score (nSPS) is 12.4. The third-order valence-corrected chi connectivity index (χ3v) is 5.12. The number of hydrogen-bond donors (Lipinski definition) is 2. The van der Waals surface area contributed by atoms with Crippen molar-refractivity contribution in [2.75, 3.05) is 13.7 Å². The first-order valence-electron chi connectivity index (χ1n) is 8.70. The summed E-state index contributed by atoms with van der Waals surface area (Å²) in [5, 5.41) is 17.9. The monoisotopic (exact) mass is 405 g/mol. The lowest BCUT2D eigenvalue weighted by Gasteiger charge is -2.16. The van der Waals surface area contributed by atoms with Crippen LogP contribution in [0.2, 0.25) is 0 Å². The molecule has 0 aliphatic heterocycles. The molecule has 0 aliphatic carbocycles. The van der Waals surface area contributed by atoms with E-state index in [0.29, 0.717) is 29.7 Å². The molecule has 0 saturated heterocycles. The van der Waals surface area contributed by atoms with Gasteiger partial charge < -0.3 is 15.4 Å². The molecule has 150 valence electrons. The molecule has 1 heterocycles. The Kier molecular flexibility index (Phi) is 7.44. The van der Waals surface area contributed by atoms with Gasteiger partial charge in [-0.25, -0.2) is 9.78 Å². The van der Waals surface area contributed by atoms with Gasteiger partial charge in [-0.15, -0.1) is 11.3 Å². The number of hydrogen-bond acceptors (Lipinski definition) is 7. The highest BCUT2D eigenvalue weighted by atomic mass is 32.1. The third-order valence-electron chi connectivity index (χ3n) is 3.80. The van der Waals surface area contributed by atoms with E-state index >= 15 is 0 Å². The topological polar surface area (TPSA) is 119 Å². The molecule has 0 bridgehead atoms. The van der Waals surface area contributed by atoms with E-state index < -0.39 is 4.92 Å². The van der Waals surface area contributed by atoms with Crippen LogP contribution >= 0.6 is 11.3 Å². The van der Waals surface area contributed by atoms with Gasteiger partial charge in [0.1, 0.15) is 9.88 Å². The Morgan fingerprint density at radius 1 is 1.46 bits per heavy atom. The van der Waals surface area contributed by atoms with Gasteiger partial charge in [-0.1, -0.05) is 12.1 Å². The number of esters is 1. The molecule has 10 heteroatoms. The summed E-state index contributed by atoms with van der Waals surface area (Å²) in [4.78, 5) is 31.5. The first kappa shape index (κ1) is 21.3. The van der Waals surface area contributed by atoms with Gasteiger partial charge in [0, 0.05) is 25.7 Å². The summed E-state index contributed by atoms with van der Waals surface area (Å²) in [5.41, 5.74) is 1.44. The molecule has 0 aliphatic rings. The average molecular weight is 405 g/mol. The summed E-state index contributed by atoms with van der Waals surface area (Å²) >= 11 is 1.28. The Morgan fingerprint density at radius 3 is 2.86 bits per heavy atom. The molecule has 1 unspecified atom stereocenters. The second-order valence-electron chi connectivity index (χ2n) is 5.91. The molecule has 1 atom stereocenters. The van der Waals surface area contributed by atoms with Gasteiger partial charge in [-0.3, -0.25) is 15.1 Å². The number of non-ortho nitro benzene ring substituents is 1. The number of thiazole rings is 1. The fourth-order valence-electron chi connectivity index (χ4n) is 2.42. The zero-order chi connectivity index (χ0) is 20.7. The van der Waals surface area contributed by atoms with Crippen molar-refractivity contribution in [1.29, 1.82) is 0 Å². The van der Waals surface area contributed by atoms with Crippen molar-refractivity contribution in [2.24, 2.45) is 4.99 Å². The lowest BCUT2D eigenvalue weighted by molar-refractivity contribution is -0.384. The Hall–Kier alpha value is -3.01. The largest absolute Gasteiger partial charge is 0.462 e. The number of aromatic nitrogens is 1. The van der Waals surface area contributed by atoms with Crippen molar-refractivity contribution in [3.8, 4) is 0 Å². The summed E-state index contributed by atoms with van der Waals surface area (Å²) in [5.74, 6) is 0.147. The molecule has 0 radical (unpaired) electrons. The van der Waals surface area contributed by atoms with Crippen molar-refractivity contribution < 1.29 is 14.5 Å². The van der Waals surface area contributed by atoms with E-state index in [1.165, 1.54) is 23.5 Å². The van der Waals surface area contributed by atoms with Crippen LogP contribution in [0.1, 0.15) is 45.8 Å². The fourth-order valence-corrected chi connectivity index (χ4v) is 3.38. The average Bonchev–Trinajstić information content (AvgIpc) is 3.07. The summed E-state index contributed by atoms with van der Waals surface area (Å²) < 4.78 is 5.05. The Morgan fingerprint density at radius 2 is 2.21 bits per heavy atom. The Labute approximate surface area is 167 Å². The number of carbonyl (C=O) groups is 1. The van der Waals surface area contributed by atoms with Crippen molar-refractivity contribution >= 4 is 29.0 Å². The van der Waals surface area contributed by atoms with Crippen LogP contribution in [0.25, 0.3) is 0 Å². The number of guanidine groups is 1. The SMILES string of the molecule is CCOC(=O)c1sc(C(C)NC(=NC)NCc2cccc([N+](=O)[O-])c2)nc1C. The standard InChI is InChI=1S/C18H23N5O4S/c1-5-27-17(24)15-11(2)21-16(28-15)12(3)22-18(19-4)20-10-13-7-6-8-14(9-13)23(25)26/h6-9,12H,5,10H2,1-4H3,(H2,19,20,22). The van der Waals surface area contributed by atoms with Crippen molar-refractivity contribution in [1.82, 2.24) is 15.6 Å². The van der Waals surface area contributed by atoms with Crippen molar-refractivity contribution in [2.45, 2.75) is 33.4 Å². The number of nitrogens with one attached hydrogen (secondary N) is 2. The quantitative estimate of drug-likeness (QED) is 0.239. The number of nitro benzene ring substituents is 1. The maximum absolute atomic E-state index is 12.0. The smallest absolute Gasteiger partial charge is 0.350 e. The van der Waals surface area contributed by atoms with Crippen LogP contribution in [0.4, 0.5) is 5.69 Å². The van der Waals surface area contributed by atoms with E-state index in [2.05, 4.69) is 20.6 Å². The zero-order valence-electron chi connectivity index (χ0n) is 16.2. The molecule has 2 N–H and O–H groups in total. The molecule has 0 saturated carbocycles. The van der Waals surface area contributed by atoms with Crippen molar-refractivity contribution in [3.05, 3.63) is 55.5 Å². The number of nitro groups is 1. The van der Waals surface area contributed by atoms with E-state index in [4.69, 9.17) is 4.74 Å². The molecule has 0 spiro atoms. The minimum atomic E-state index is -0.426. The number of aliphatic imine (C=N–C) groups is 1. The molecule has 0 amide bonds. The molecule has 0 fully saturated rings. The zero-order valence-corrected chi connectivity index (χ0v) is 17.0. The highest BCUT2D eigenvalue weighted by Crippen LogP contribution is 2.24. The molecule has 1 aromatic carbocycles. The number of benzene rings is 1. The minimum Gasteiger partial charge on any atom is -0.462 e. The van der Waals surface area contributed by atoms with Gasteiger partial charge in [-0.2, -0.15) is 0 Å². The molecular formula is C18H23N5O4S. The second-order valence-corrected chi connectivity index (χ2v) is 6.94. The van der Waals surface area contributed by atoms with Gasteiger partial charge in [0.25, 0.3) is 5.69 Å². The van der Waals surface area contributed by atoms with Crippen LogP contribution in [0.5, 0.6) is 0 Å². The van der Waals surface area contributed by atoms with E-state index in [1.54, 1.807) is 33.0 Å². The van der Waals surface area contributed by atoms with Crippen LogP contribution < -0.4 is 10.6 Å². The third kappa shape index (κ3) is 5.49. The van der Waals surface area contributed by atoms with E-state index in [0.717, 1.165) is 10.6 Å². The number of ether oxygens (including phenoxy) is 1. The second kappa shape index (κ2) is 9.79. The van der Waals surface area contributed by atoms with Gasteiger partial charge in [0.05, 0.1) is 23.3 Å². The maximum atomic E-state index is 12.0. The first-order chi connectivity index (χ1) is 13.3. The van der Waals surface area contributed by atoms with E-state index in [-0.39, 0.29) is 17.7 Å². The molecule has 2 rings (SSSR count). The molecule has 28 heavy (non-hydrogen) atoms. The highest BCUT2D eigenvalue weighted by Gasteiger charge is 2.20. The van der Waals surface area contributed by atoms with Crippen molar-refractivity contribution in [3.63, 3.8) is 0 Å². The van der Waals surface area contributed by atoms with Gasteiger partial charge in [-0.05, 0) is 26.3 Å². The molecule has 9 nitrogen and oxygen atoms in total. The summed E-state index contributed by atoms with van der Waals surface area (Å²) in [6, 6.07) is 6.21. The Bertz CT molecular complexity index is 881.